The molecule has 1 amide bonds. The van der Waals surface area contributed by atoms with Crippen LogP contribution in [0.2, 0.25) is 0 Å². The first-order valence-electron chi connectivity index (χ1n) is 5.99. The molecule has 4 heteroatoms. The van der Waals surface area contributed by atoms with Gasteiger partial charge in [0.25, 0.3) is 0 Å². The van der Waals surface area contributed by atoms with E-state index in [2.05, 4.69) is 33.2 Å². The molecule has 3 nitrogen and oxygen atoms in total. The van der Waals surface area contributed by atoms with Crippen molar-refractivity contribution in [2.45, 2.75) is 6.92 Å². The van der Waals surface area contributed by atoms with E-state index in [-0.39, 0.29) is 12.5 Å². The number of halogens is 1. The minimum absolute atomic E-state index is 0.0530. The maximum Gasteiger partial charge on any atom is 0.243 e. The smallest absolute Gasteiger partial charge is 0.243 e. The van der Waals surface area contributed by atoms with E-state index in [0.717, 1.165) is 14.9 Å². The lowest BCUT2D eigenvalue weighted by molar-refractivity contribution is -0.114. The summed E-state index contributed by atoms with van der Waals surface area (Å²) < 4.78 is 1.15. The second-order valence-corrected chi connectivity index (χ2v) is 5.52. The number of hydrogen-bond donors (Lipinski definition) is 2. The van der Waals surface area contributed by atoms with E-state index in [1.54, 1.807) is 0 Å². The van der Waals surface area contributed by atoms with Crippen LogP contribution in [0.3, 0.4) is 0 Å². The van der Waals surface area contributed by atoms with Crippen molar-refractivity contribution in [2.24, 2.45) is 0 Å². The largest absolute Gasteiger partial charge is 0.376 e. The first-order valence-corrected chi connectivity index (χ1v) is 7.07. The molecule has 0 radical (unpaired) electrons. The third-order valence-corrected chi connectivity index (χ3v) is 3.32. The highest BCUT2D eigenvalue weighted by Gasteiger charge is 2.02. The first-order chi connectivity index (χ1) is 9.13. The number of hydrogen-bond acceptors (Lipinski definition) is 2. The van der Waals surface area contributed by atoms with Crippen molar-refractivity contribution in [1.82, 2.24) is 0 Å². The number of carbonyl (C=O) groups excluding carboxylic acids is 1. The fraction of sp³-hybridized carbons (Fsp3) is 0.133. The number of anilines is 2. The van der Waals surface area contributed by atoms with Gasteiger partial charge in [0.05, 0.1) is 6.54 Å². The Morgan fingerprint density at radius 1 is 1.11 bits per heavy atom. The molecular weight excluding hydrogens is 351 g/mol. The van der Waals surface area contributed by atoms with E-state index >= 15 is 0 Å². The van der Waals surface area contributed by atoms with Crippen molar-refractivity contribution in [2.75, 3.05) is 17.2 Å². The summed E-state index contributed by atoms with van der Waals surface area (Å²) in [5.41, 5.74) is 2.94. The van der Waals surface area contributed by atoms with E-state index in [4.69, 9.17) is 0 Å². The molecular formula is C15H15IN2O. The van der Waals surface area contributed by atoms with E-state index < -0.39 is 0 Å². The van der Waals surface area contributed by atoms with Gasteiger partial charge in [0.15, 0.2) is 0 Å². The van der Waals surface area contributed by atoms with Gasteiger partial charge < -0.3 is 10.6 Å². The number of benzene rings is 2. The monoisotopic (exact) mass is 366 g/mol. The summed E-state index contributed by atoms with van der Waals surface area (Å²) in [6, 6.07) is 15.7. The summed E-state index contributed by atoms with van der Waals surface area (Å²) >= 11 is 2.23. The highest BCUT2D eigenvalue weighted by molar-refractivity contribution is 14.1. The van der Waals surface area contributed by atoms with Crippen LogP contribution in [0.15, 0.2) is 48.5 Å². The standard InChI is InChI=1S/C15H15IN2O/c1-11-3-2-4-14(9-11)17-10-15(19)18-13-7-5-12(16)6-8-13/h2-9,17H,10H2,1H3,(H,18,19). The van der Waals surface area contributed by atoms with Crippen molar-refractivity contribution in [3.05, 3.63) is 57.7 Å². The Balaban J connectivity index is 1.86. The molecule has 0 fully saturated rings. The quantitative estimate of drug-likeness (QED) is 0.812. The lowest BCUT2D eigenvalue weighted by Crippen LogP contribution is -2.21. The van der Waals surface area contributed by atoms with Gasteiger partial charge in [-0.15, -0.1) is 0 Å². The summed E-state index contributed by atoms with van der Waals surface area (Å²) in [5.74, 6) is -0.0530. The lowest BCUT2D eigenvalue weighted by Gasteiger charge is -2.08. The molecule has 2 rings (SSSR count). The molecule has 19 heavy (non-hydrogen) atoms. The second-order valence-electron chi connectivity index (χ2n) is 4.28. The highest BCUT2D eigenvalue weighted by Crippen LogP contribution is 2.12. The average Bonchev–Trinajstić information content (AvgIpc) is 2.39. The maximum absolute atomic E-state index is 11.8. The SMILES string of the molecule is Cc1cccc(NCC(=O)Nc2ccc(I)cc2)c1. The maximum atomic E-state index is 11.8. The predicted octanol–water partition coefficient (Wildman–Crippen LogP) is 3.65. The zero-order chi connectivity index (χ0) is 13.7. The molecule has 0 aliphatic rings. The second kappa shape index (κ2) is 6.56. The minimum Gasteiger partial charge on any atom is -0.376 e. The number of carbonyl (C=O) groups is 1. The summed E-state index contributed by atoms with van der Waals surface area (Å²) in [6.07, 6.45) is 0. The Morgan fingerprint density at radius 2 is 1.84 bits per heavy atom. The summed E-state index contributed by atoms with van der Waals surface area (Å²) in [6.45, 7) is 2.28. The zero-order valence-corrected chi connectivity index (χ0v) is 12.8. The van der Waals surface area contributed by atoms with Gasteiger partial charge in [0.2, 0.25) is 5.91 Å². The molecule has 0 bridgehead atoms. The fourth-order valence-electron chi connectivity index (χ4n) is 1.68. The Hall–Kier alpha value is -1.56. The summed E-state index contributed by atoms with van der Waals surface area (Å²) in [7, 11) is 0. The van der Waals surface area contributed by atoms with E-state index in [9.17, 15) is 4.79 Å². The number of amides is 1. The molecule has 2 N–H and O–H groups in total. The number of rotatable bonds is 4. The minimum atomic E-state index is -0.0530. The molecule has 0 atom stereocenters. The lowest BCUT2D eigenvalue weighted by atomic mass is 10.2. The van der Waals surface area contributed by atoms with Gasteiger partial charge in [-0.3, -0.25) is 4.79 Å². The van der Waals surface area contributed by atoms with E-state index in [1.807, 2.05) is 55.5 Å². The normalized spacial score (nSPS) is 10.0. The number of aryl methyl sites for hydroxylation is 1. The summed E-state index contributed by atoms with van der Waals surface area (Å²) in [5, 5.41) is 5.95. The molecule has 0 spiro atoms. The van der Waals surface area contributed by atoms with Crippen LogP contribution in [0.4, 0.5) is 11.4 Å². The molecule has 0 saturated carbocycles. The Labute approximate surface area is 126 Å². The van der Waals surface area contributed by atoms with Crippen molar-refractivity contribution in [3.8, 4) is 0 Å². The van der Waals surface area contributed by atoms with Gasteiger partial charge in [-0.05, 0) is 71.5 Å². The van der Waals surface area contributed by atoms with Crippen LogP contribution >= 0.6 is 22.6 Å². The molecule has 0 unspecified atom stereocenters. The van der Waals surface area contributed by atoms with Gasteiger partial charge in [-0.2, -0.15) is 0 Å². The average molecular weight is 366 g/mol. The van der Waals surface area contributed by atoms with Crippen molar-refractivity contribution < 1.29 is 4.79 Å². The third-order valence-electron chi connectivity index (χ3n) is 2.60. The van der Waals surface area contributed by atoms with Crippen LogP contribution in [-0.4, -0.2) is 12.5 Å². The molecule has 0 heterocycles. The topological polar surface area (TPSA) is 41.1 Å². The Kier molecular flexibility index (Phi) is 4.79. The third kappa shape index (κ3) is 4.55. The van der Waals surface area contributed by atoms with Crippen LogP contribution in [-0.2, 0) is 4.79 Å². The Bertz CT molecular complexity index is 567. The van der Waals surface area contributed by atoms with Gasteiger partial charge in [0, 0.05) is 14.9 Å². The van der Waals surface area contributed by atoms with Crippen molar-refractivity contribution in [3.63, 3.8) is 0 Å². The van der Waals surface area contributed by atoms with Gasteiger partial charge in [-0.25, -0.2) is 0 Å². The van der Waals surface area contributed by atoms with Crippen LogP contribution in [0.25, 0.3) is 0 Å². The van der Waals surface area contributed by atoms with E-state index in [1.165, 1.54) is 5.56 Å². The van der Waals surface area contributed by atoms with Gasteiger partial charge >= 0.3 is 0 Å². The fourth-order valence-corrected chi connectivity index (χ4v) is 2.04. The van der Waals surface area contributed by atoms with Crippen molar-refractivity contribution in [1.29, 1.82) is 0 Å². The Morgan fingerprint density at radius 3 is 2.53 bits per heavy atom. The number of nitrogens with one attached hydrogen (secondary N) is 2. The van der Waals surface area contributed by atoms with Crippen LogP contribution < -0.4 is 10.6 Å². The molecule has 0 aliphatic heterocycles. The predicted molar refractivity (Wildman–Crippen MR) is 87.5 cm³/mol. The molecule has 0 aromatic heterocycles. The molecule has 2 aromatic rings. The van der Waals surface area contributed by atoms with Gasteiger partial charge in [-0.1, -0.05) is 12.1 Å². The van der Waals surface area contributed by atoms with Crippen LogP contribution in [0.1, 0.15) is 5.56 Å². The van der Waals surface area contributed by atoms with Crippen LogP contribution in [0.5, 0.6) is 0 Å². The molecule has 2 aromatic carbocycles. The van der Waals surface area contributed by atoms with Gasteiger partial charge in [0.1, 0.15) is 0 Å². The highest BCUT2D eigenvalue weighted by atomic mass is 127. The molecule has 98 valence electrons. The van der Waals surface area contributed by atoms with Crippen molar-refractivity contribution >= 4 is 39.9 Å². The summed E-state index contributed by atoms with van der Waals surface area (Å²) in [4.78, 5) is 11.8. The molecule has 0 saturated heterocycles. The zero-order valence-electron chi connectivity index (χ0n) is 10.6. The molecule has 0 aliphatic carbocycles. The first kappa shape index (κ1) is 13.9. The van der Waals surface area contributed by atoms with E-state index in [0.29, 0.717) is 0 Å². The van der Waals surface area contributed by atoms with Crippen LogP contribution in [0, 0.1) is 10.5 Å².